The summed E-state index contributed by atoms with van der Waals surface area (Å²) >= 11 is 0. The molecular weight excluding hydrogens is 164 g/mol. The fourth-order valence-electron chi connectivity index (χ4n) is 1.71. The van der Waals surface area contributed by atoms with Crippen LogP contribution in [0.4, 0.5) is 0 Å². The molecule has 0 aromatic rings. The molecule has 2 aliphatic rings. The van der Waals surface area contributed by atoms with Crippen LogP contribution in [0.3, 0.4) is 0 Å². The first-order valence-electron chi connectivity index (χ1n) is 5.04. The lowest BCUT2D eigenvalue weighted by Crippen LogP contribution is -2.40. The van der Waals surface area contributed by atoms with Gasteiger partial charge in [0.1, 0.15) is 0 Å². The summed E-state index contributed by atoms with van der Waals surface area (Å²) in [5.41, 5.74) is 0. The molecule has 0 aromatic carbocycles. The van der Waals surface area contributed by atoms with Crippen molar-refractivity contribution < 1.29 is 4.79 Å². The molecule has 0 saturated carbocycles. The van der Waals surface area contributed by atoms with Crippen LogP contribution in [0.1, 0.15) is 12.8 Å². The first kappa shape index (κ1) is 8.75. The Morgan fingerprint density at radius 3 is 2.54 bits per heavy atom. The Bertz CT molecular complexity index is 215. The third-order valence-corrected chi connectivity index (χ3v) is 2.74. The van der Waals surface area contributed by atoms with Gasteiger partial charge in [0.25, 0.3) is 0 Å². The molecule has 2 heterocycles. The summed E-state index contributed by atoms with van der Waals surface area (Å²) < 4.78 is 0. The lowest BCUT2D eigenvalue weighted by Gasteiger charge is -2.23. The minimum Gasteiger partial charge on any atom is -0.339 e. The number of likely N-dealkylation sites (tertiary alicyclic amines) is 1. The zero-order valence-electron chi connectivity index (χ0n) is 7.83. The molecule has 2 fully saturated rings. The fraction of sp³-hybridized carbons (Fsp3) is 0.700. The van der Waals surface area contributed by atoms with Gasteiger partial charge in [-0.1, -0.05) is 6.08 Å². The van der Waals surface area contributed by atoms with E-state index in [0.29, 0.717) is 5.92 Å². The van der Waals surface area contributed by atoms with Crippen LogP contribution in [0.2, 0.25) is 0 Å². The number of carbonyl (C=O) groups excluding carboxylic acids is 1. The van der Waals surface area contributed by atoms with Crippen LogP contribution in [-0.2, 0) is 4.79 Å². The SMILES string of the molecule is O=C(/C=C/C1CNC1)N1CCCC1. The summed E-state index contributed by atoms with van der Waals surface area (Å²) in [6, 6.07) is 0. The van der Waals surface area contributed by atoms with Crippen LogP contribution in [0.25, 0.3) is 0 Å². The summed E-state index contributed by atoms with van der Waals surface area (Å²) in [7, 11) is 0. The van der Waals surface area contributed by atoms with Gasteiger partial charge in [0.2, 0.25) is 5.91 Å². The van der Waals surface area contributed by atoms with E-state index in [-0.39, 0.29) is 5.91 Å². The minimum atomic E-state index is 0.199. The van der Waals surface area contributed by atoms with E-state index in [2.05, 4.69) is 5.32 Å². The second-order valence-electron chi connectivity index (χ2n) is 3.81. The van der Waals surface area contributed by atoms with Gasteiger partial charge in [-0.15, -0.1) is 0 Å². The maximum atomic E-state index is 11.5. The molecule has 0 bridgehead atoms. The van der Waals surface area contributed by atoms with Crippen LogP contribution in [0, 0.1) is 5.92 Å². The highest BCUT2D eigenvalue weighted by atomic mass is 16.2. The molecule has 0 radical (unpaired) electrons. The standard InChI is InChI=1S/C10H16N2O/c13-10(12-5-1-2-6-12)4-3-9-7-11-8-9/h3-4,9,11H,1-2,5-8H2/b4-3+. The lowest BCUT2D eigenvalue weighted by atomic mass is 10.0. The average molecular weight is 180 g/mol. The number of hydrogen-bond acceptors (Lipinski definition) is 2. The molecule has 3 nitrogen and oxygen atoms in total. The number of carbonyl (C=O) groups is 1. The Kier molecular flexibility index (Phi) is 2.64. The van der Waals surface area contributed by atoms with Crippen LogP contribution in [-0.4, -0.2) is 37.0 Å². The average Bonchev–Trinajstić information content (AvgIpc) is 2.52. The third kappa shape index (κ3) is 2.10. The summed E-state index contributed by atoms with van der Waals surface area (Å²) in [5.74, 6) is 0.788. The zero-order chi connectivity index (χ0) is 9.10. The summed E-state index contributed by atoms with van der Waals surface area (Å²) in [5, 5.41) is 3.18. The van der Waals surface area contributed by atoms with Gasteiger partial charge < -0.3 is 10.2 Å². The van der Waals surface area contributed by atoms with Crippen molar-refractivity contribution >= 4 is 5.91 Å². The molecule has 0 unspecified atom stereocenters. The second kappa shape index (κ2) is 3.92. The molecule has 2 rings (SSSR count). The van der Waals surface area contributed by atoms with E-state index in [0.717, 1.165) is 26.2 Å². The van der Waals surface area contributed by atoms with Crippen molar-refractivity contribution in [1.29, 1.82) is 0 Å². The van der Waals surface area contributed by atoms with E-state index in [1.54, 1.807) is 6.08 Å². The van der Waals surface area contributed by atoms with Crippen LogP contribution in [0.15, 0.2) is 12.2 Å². The molecule has 72 valence electrons. The monoisotopic (exact) mass is 180 g/mol. The maximum Gasteiger partial charge on any atom is 0.246 e. The largest absolute Gasteiger partial charge is 0.339 e. The Morgan fingerprint density at radius 1 is 1.31 bits per heavy atom. The van der Waals surface area contributed by atoms with Gasteiger partial charge >= 0.3 is 0 Å². The number of nitrogens with one attached hydrogen (secondary N) is 1. The maximum absolute atomic E-state index is 11.5. The van der Waals surface area contributed by atoms with Crippen molar-refractivity contribution in [2.45, 2.75) is 12.8 Å². The molecule has 1 amide bonds. The first-order valence-corrected chi connectivity index (χ1v) is 5.04. The van der Waals surface area contributed by atoms with Gasteiger partial charge in [-0.25, -0.2) is 0 Å². The third-order valence-electron chi connectivity index (χ3n) is 2.74. The molecule has 13 heavy (non-hydrogen) atoms. The van der Waals surface area contributed by atoms with Crippen molar-refractivity contribution in [2.24, 2.45) is 5.92 Å². The summed E-state index contributed by atoms with van der Waals surface area (Å²) in [4.78, 5) is 13.4. The van der Waals surface area contributed by atoms with Crippen molar-refractivity contribution in [3.63, 3.8) is 0 Å². The van der Waals surface area contributed by atoms with E-state index in [9.17, 15) is 4.79 Å². The molecule has 0 aromatic heterocycles. The molecule has 2 aliphatic heterocycles. The Hall–Kier alpha value is -0.830. The lowest BCUT2D eigenvalue weighted by molar-refractivity contribution is -0.125. The Morgan fingerprint density at radius 2 is 2.00 bits per heavy atom. The summed E-state index contributed by atoms with van der Waals surface area (Å²) in [6.07, 6.45) is 6.13. The van der Waals surface area contributed by atoms with E-state index in [1.165, 1.54) is 12.8 Å². The second-order valence-corrected chi connectivity index (χ2v) is 3.81. The molecule has 0 atom stereocenters. The van der Waals surface area contributed by atoms with Crippen LogP contribution < -0.4 is 5.32 Å². The van der Waals surface area contributed by atoms with Gasteiger partial charge in [0.05, 0.1) is 0 Å². The topological polar surface area (TPSA) is 32.3 Å². The van der Waals surface area contributed by atoms with Crippen LogP contribution >= 0.6 is 0 Å². The molecular formula is C10H16N2O. The molecule has 0 aliphatic carbocycles. The molecule has 0 spiro atoms. The van der Waals surface area contributed by atoms with E-state index < -0.39 is 0 Å². The number of nitrogens with zero attached hydrogens (tertiary/aromatic N) is 1. The van der Waals surface area contributed by atoms with E-state index >= 15 is 0 Å². The highest BCUT2D eigenvalue weighted by molar-refractivity contribution is 5.87. The van der Waals surface area contributed by atoms with Crippen molar-refractivity contribution in [1.82, 2.24) is 10.2 Å². The molecule has 3 heteroatoms. The van der Waals surface area contributed by atoms with Gasteiger partial charge in [-0.3, -0.25) is 4.79 Å². The smallest absolute Gasteiger partial charge is 0.246 e. The Labute approximate surface area is 78.8 Å². The van der Waals surface area contributed by atoms with Gasteiger partial charge in [0, 0.05) is 32.1 Å². The van der Waals surface area contributed by atoms with E-state index in [4.69, 9.17) is 0 Å². The normalized spacial score (nSPS) is 23.8. The molecule has 1 N–H and O–H groups in total. The quantitative estimate of drug-likeness (QED) is 0.623. The van der Waals surface area contributed by atoms with Crippen molar-refractivity contribution in [2.75, 3.05) is 26.2 Å². The Balaban J connectivity index is 1.79. The van der Waals surface area contributed by atoms with E-state index in [1.807, 2.05) is 11.0 Å². The number of rotatable bonds is 2. The number of hydrogen-bond donors (Lipinski definition) is 1. The van der Waals surface area contributed by atoms with Crippen LogP contribution in [0.5, 0.6) is 0 Å². The van der Waals surface area contributed by atoms with Crippen molar-refractivity contribution in [3.8, 4) is 0 Å². The van der Waals surface area contributed by atoms with Crippen molar-refractivity contribution in [3.05, 3.63) is 12.2 Å². The highest BCUT2D eigenvalue weighted by Gasteiger charge is 2.17. The predicted octanol–water partition coefficient (Wildman–Crippen LogP) is 0.384. The summed E-state index contributed by atoms with van der Waals surface area (Å²) in [6.45, 7) is 3.96. The van der Waals surface area contributed by atoms with Gasteiger partial charge in [-0.2, -0.15) is 0 Å². The number of amides is 1. The van der Waals surface area contributed by atoms with Gasteiger partial charge in [-0.05, 0) is 18.9 Å². The minimum absolute atomic E-state index is 0.199. The predicted molar refractivity (Wildman–Crippen MR) is 51.3 cm³/mol. The first-order chi connectivity index (χ1) is 6.36. The molecule has 2 saturated heterocycles. The highest BCUT2D eigenvalue weighted by Crippen LogP contribution is 2.09. The fourth-order valence-corrected chi connectivity index (χ4v) is 1.71. The zero-order valence-corrected chi connectivity index (χ0v) is 7.83. The van der Waals surface area contributed by atoms with Gasteiger partial charge in [0.15, 0.2) is 0 Å².